The van der Waals surface area contributed by atoms with Gasteiger partial charge >= 0.3 is 0 Å². The predicted molar refractivity (Wildman–Crippen MR) is 106 cm³/mol. The normalized spacial score (nSPS) is 14.2. The van der Waals surface area contributed by atoms with Crippen LogP contribution in [0.15, 0.2) is 36.4 Å². The van der Waals surface area contributed by atoms with Crippen LogP contribution in [-0.4, -0.2) is 68.4 Å². The van der Waals surface area contributed by atoms with Crippen molar-refractivity contribution in [2.75, 3.05) is 57.2 Å². The summed E-state index contributed by atoms with van der Waals surface area (Å²) >= 11 is 0. The molecule has 0 radical (unpaired) electrons. The Morgan fingerprint density at radius 3 is 2.30 bits per heavy atom. The maximum absolute atomic E-state index is 12.5. The van der Waals surface area contributed by atoms with Crippen molar-refractivity contribution in [3.63, 3.8) is 0 Å². The van der Waals surface area contributed by atoms with Gasteiger partial charge in [-0.05, 0) is 36.2 Å². The molecule has 1 aromatic heterocycles. The number of aromatic nitrogens is 2. The van der Waals surface area contributed by atoms with E-state index >= 15 is 0 Å². The Labute approximate surface area is 160 Å². The van der Waals surface area contributed by atoms with Crippen LogP contribution in [0.4, 0.5) is 11.6 Å². The average Bonchev–Trinajstić information content (AvgIpc) is 2.72. The minimum absolute atomic E-state index is 0.208. The SMILES string of the molecule is COc1ccc(CCC(=O)N2CCN(c3ccc(N(C)C)nn3)CC2)cc1. The van der Waals surface area contributed by atoms with Crippen LogP contribution in [0.25, 0.3) is 0 Å². The van der Waals surface area contributed by atoms with Crippen LogP contribution in [0.5, 0.6) is 5.75 Å². The lowest BCUT2D eigenvalue weighted by Crippen LogP contribution is -2.49. The van der Waals surface area contributed by atoms with Crippen molar-refractivity contribution in [3.8, 4) is 5.75 Å². The second-order valence-corrected chi connectivity index (χ2v) is 6.86. The molecule has 144 valence electrons. The van der Waals surface area contributed by atoms with Gasteiger partial charge in [-0.15, -0.1) is 10.2 Å². The van der Waals surface area contributed by atoms with Gasteiger partial charge in [0.05, 0.1) is 7.11 Å². The first-order chi connectivity index (χ1) is 13.1. The van der Waals surface area contributed by atoms with Crippen LogP contribution in [0, 0.1) is 0 Å². The van der Waals surface area contributed by atoms with E-state index < -0.39 is 0 Å². The molecule has 0 aliphatic carbocycles. The highest BCUT2D eigenvalue weighted by atomic mass is 16.5. The lowest BCUT2D eigenvalue weighted by atomic mass is 10.1. The predicted octanol–water partition coefficient (Wildman–Crippen LogP) is 1.83. The third kappa shape index (κ3) is 4.87. The highest BCUT2D eigenvalue weighted by Crippen LogP contribution is 2.17. The third-order valence-corrected chi connectivity index (χ3v) is 4.84. The van der Waals surface area contributed by atoms with Crippen LogP contribution < -0.4 is 14.5 Å². The second kappa shape index (κ2) is 8.70. The molecule has 7 nitrogen and oxygen atoms in total. The number of anilines is 2. The summed E-state index contributed by atoms with van der Waals surface area (Å²) in [4.78, 5) is 18.6. The van der Waals surface area contributed by atoms with Crippen molar-refractivity contribution in [2.45, 2.75) is 12.8 Å². The molecule has 1 fully saturated rings. The van der Waals surface area contributed by atoms with Crippen molar-refractivity contribution in [1.82, 2.24) is 15.1 Å². The van der Waals surface area contributed by atoms with E-state index in [1.165, 1.54) is 0 Å². The van der Waals surface area contributed by atoms with Gasteiger partial charge < -0.3 is 19.4 Å². The smallest absolute Gasteiger partial charge is 0.223 e. The standard InChI is InChI=1S/C20H27N5O2/c1-23(2)18-9-10-19(22-21-18)24-12-14-25(15-13-24)20(26)11-6-16-4-7-17(27-3)8-5-16/h4-5,7-10H,6,11-15H2,1-3H3. The highest BCUT2D eigenvalue weighted by molar-refractivity contribution is 5.76. The summed E-state index contributed by atoms with van der Waals surface area (Å²) in [6.45, 7) is 3.01. The highest BCUT2D eigenvalue weighted by Gasteiger charge is 2.22. The Balaban J connectivity index is 1.47. The number of hydrogen-bond acceptors (Lipinski definition) is 6. The van der Waals surface area contributed by atoms with Crippen LogP contribution >= 0.6 is 0 Å². The Bertz CT molecular complexity index is 738. The number of ether oxygens (including phenoxy) is 1. The number of amides is 1. The molecule has 1 aromatic carbocycles. The fraction of sp³-hybridized carbons (Fsp3) is 0.450. The topological polar surface area (TPSA) is 61.8 Å². The van der Waals surface area contributed by atoms with Crippen LogP contribution in [0.1, 0.15) is 12.0 Å². The van der Waals surface area contributed by atoms with Crippen molar-refractivity contribution in [1.29, 1.82) is 0 Å². The van der Waals surface area contributed by atoms with E-state index in [9.17, 15) is 4.79 Å². The first-order valence-corrected chi connectivity index (χ1v) is 9.23. The number of carbonyl (C=O) groups excluding carboxylic acids is 1. The fourth-order valence-electron chi connectivity index (χ4n) is 3.11. The summed E-state index contributed by atoms with van der Waals surface area (Å²) < 4.78 is 5.16. The number of hydrogen-bond donors (Lipinski definition) is 0. The number of benzene rings is 1. The molecule has 0 unspecified atom stereocenters. The van der Waals surface area contributed by atoms with E-state index in [2.05, 4.69) is 15.1 Å². The molecule has 0 saturated carbocycles. The second-order valence-electron chi connectivity index (χ2n) is 6.86. The van der Waals surface area contributed by atoms with Gasteiger partial charge in [-0.1, -0.05) is 12.1 Å². The summed E-state index contributed by atoms with van der Waals surface area (Å²) in [5, 5.41) is 8.53. The van der Waals surface area contributed by atoms with Crippen molar-refractivity contribution in [2.24, 2.45) is 0 Å². The molecule has 3 rings (SSSR count). The quantitative estimate of drug-likeness (QED) is 0.774. The Morgan fingerprint density at radius 1 is 1.04 bits per heavy atom. The first kappa shape index (κ1) is 18.9. The summed E-state index contributed by atoms with van der Waals surface area (Å²) in [5.74, 6) is 2.75. The van der Waals surface area contributed by atoms with Gasteiger partial charge in [-0.2, -0.15) is 0 Å². The number of carbonyl (C=O) groups is 1. The van der Waals surface area contributed by atoms with E-state index in [1.54, 1.807) is 7.11 Å². The molecule has 1 saturated heterocycles. The van der Waals surface area contributed by atoms with Gasteiger partial charge in [0.15, 0.2) is 11.6 Å². The Hall–Kier alpha value is -2.83. The van der Waals surface area contributed by atoms with Crippen molar-refractivity contribution < 1.29 is 9.53 Å². The molecule has 0 atom stereocenters. The molecule has 27 heavy (non-hydrogen) atoms. The van der Waals surface area contributed by atoms with Crippen molar-refractivity contribution >= 4 is 17.5 Å². The zero-order chi connectivity index (χ0) is 19.2. The van der Waals surface area contributed by atoms with Gasteiger partial charge in [0, 0.05) is 46.7 Å². The number of rotatable bonds is 6. The zero-order valence-electron chi connectivity index (χ0n) is 16.3. The van der Waals surface area contributed by atoms with E-state index in [4.69, 9.17) is 4.74 Å². The van der Waals surface area contributed by atoms with E-state index in [1.807, 2.05) is 60.3 Å². The molecule has 1 amide bonds. The van der Waals surface area contributed by atoms with Gasteiger partial charge in [0.2, 0.25) is 5.91 Å². The van der Waals surface area contributed by atoms with Crippen LogP contribution in [-0.2, 0) is 11.2 Å². The molecule has 1 aliphatic rings. The Morgan fingerprint density at radius 2 is 1.74 bits per heavy atom. The molecule has 2 heterocycles. The Kier molecular flexibility index (Phi) is 6.11. The minimum atomic E-state index is 0.208. The number of aryl methyl sites for hydroxylation is 1. The number of nitrogens with zero attached hydrogens (tertiary/aromatic N) is 5. The number of methoxy groups -OCH3 is 1. The molecular formula is C20H27N5O2. The zero-order valence-corrected chi connectivity index (χ0v) is 16.3. The molecule has 0 N–H and O–H groups in total. The molecule has 0 spiro atoms. The lowest BCUT2D eigenvalue weighted by molar-refractivity contribution is -0.131. The van der Waals surface area contributed by atoms with Gasteiger partial charge in [-0.3, -0.25) is 4.79 Å². The molecule has 1 aliphatic heterocycles. The average molecular weight is 369 g/mol. The lowest BCUT2D eigenvalue weighted by Gasteiger charge is -2.35. The van der Waals surface area contributed by atoms with Gasteiger partial charge in [0.25, 0.3) is 0 Å². The number of piperazine rings is 1. The van der Waals surface area contributed by atoms with E-state index in [-0.39, 0.29) is 5.91 Å². The van der Waals surface area contributed by atoms with Gasteiger partial charge in [0.1, 0.15) is 5.75 Å². The van der Waals surface area contributed by atoms with E-state index in [0.29, 0.717) is 6.42 Å². The van der Waals surface area contributed by atoms with E-state index in [0.717, 1.165) is 55.5 Å². The molecular weight excluding hydrogens is 342 g/mol. The summed E-state index contributed by atoms with van der Waals surface area (Å²) in [7, 11) is 5.54. The minimum Gasteiger partial charge on any atom is -0.497 e. The maximum atomic E-state index is 12.5. The van der Waals surface area contributed by atoms with Crippen LogP contribution in [0.2, 0.25) is 0 Å². The third-order valence-electron chi connectivity index (χ3n) is 4.84. The molecule has 7 heteroatoms. The van der Waals surface area contributed by atoms with Crippen molar-refractivity contribution in [3.05, 3.63) is 42.0 Å². The molecule has 0 bridgehead atoms. The van der Waals surface area contributed by atoms with Crippen LogP contribution in [0.3, 0.4) is 0 Å². The van der Waals surface area contributed by atoms with Gasteiger partial charge in [-0.25, -0.2) is 0 Å². The summed E-state index contributed by atoms with van der Waals surface area (Å²) in [5.41, 5.74) is 1.15. The summed E-state index contributed by atoms with van der Waals surface area (Å²) in [6.07, 6.45) is 1.28. The fourth-order valence-corrected chi connectivity index (χ4v) is 3.11. The largest absolute Gasteiger partial charge is 0.497 e. The maximum Gasteiger partial charge on any atom is 0.223 e. The summed E-state index contributed by atoms with van der Waals surface area (Å²) in [6, 6.07) is 11.8. The molecule has 2 aromatic rings. The first-order valence-electron chi connectivity index (χ1n) is 9.23. The monoisotopic (exact) mass is 369 g/mol.